The van der Waals surface area contributed by atoms with E-state index in [0.717, 1.165) is 35.9 Å². The summed E-state index contributed by atoms with van der Waals surface area (Å²) in [6.07, 6.45) is 1.71. The molecule has 1 aromatic rings. The molecule has 5 heteroatoms. The van der Waals surface area contributed by atoms with Gasteiger partial charge in [0.05, 0.1) is 6.20 Å². The fourth-order valence-electron chi connectivity index (χ4n) is 1.43. The van der Waals surface area contributed by atoms with Crippen molar-refractivity contribution in [3.63, 3.8) is 0 Å². The van der Waals surface area contributed by atoms with Crippen molar-refractivity contribution in [3.05, 3.63) is 10.8 Å². The lowest BCUT2D eigenvalue weighted by molar-refractivity contribution is 0.785. The third-order valence-electron chi connectivity index (χ3n) is 2.08. The van der Waals surface area contributed by atoms with E-state index in [2.05, 4.69) is 43.0 Å². The molecule has 0 fully saturated rings. The topological polar surface area (TPSA) is 41.0 Å². The minimum absolute atomic E-state index is 0.786. The quantitative estimate of drug-likeness (QED) is 0.811. The van der Waals surface area contributed by atoms with Crippen LogP contribution in [0.15, 0.2) is 10.8 Å². The smallest absolute Gasteiger partial charge is 0.172 e. The number of hydrogen-bond acceptors (Lipinski definition) is 4. The summed E-state index contributed by atoms with van der Waals surface area (Å²) in [5.74, 6) is 1.83. The molecule has 0 spiro atoms. The first-order valence-corrected chi connectivity index (χ1v) is 5.12. The molecule has 0 saturated heterocycles. The summed E-state index contributed by atoms with van der Waals surface area (Å²) in [5.41, 5.74) is 0. The summed E-state index contributed by atoms with van der Waals surface area (Å²) in [4.78, 5) is 10.9. The second-order valence-electron chi connectivity index (χ2n) is 2.87. The van der Waals surface area contributed by atoms with Gasteiger partial charge in [-0.15, -0.1) is 0 Å². The van der Waals surface area contributed by atoms with Gasteiger partial charge in [0.1, 0.15) is 4.60 Å². The number of nitrogens with one attached hydrogen (secondary N) is 1. The number of rotatable bonds is 1. The maximum absolute atomic E-state index is 4.38. The van der Waals surface area contributed by atoms with Gasteiger partial charge in [0.2, 0.25) is 0 Å². The number of aromatic nitrogens is 2. The molecule has 0 radical (unpaired) electrons. The van der Waals surface area contributed by atoms with Crippen molar-refractivity contribution in [2.45, 2.75) is 6.92 Å². The molecule has 0 bridgehead atoms. The predicted molar refractivity (Wildman–Crippen MR) is 56.1 cm³/mol. The molecule has 1 aromatic heterocycles. The van der Waals surface area contributed by atoms with Gasteiger partial charge in [-0.1, -0.05) is 0 Å². The Hall–Kier alpha value is -0.840. The molecule has 4 nitrogen and oxygen atoms in total. The highest BCUT2D eigenvalue weighted by Gasteiger charge is 2.17. The van der Waals surface area contributed by atoms with Crippen molar-refractivity contribution in [2.75, 3.05) is 29.9 Å². The van der Waals surface area contributed by atoms with Gasteiger partial charge < -0.3 is 10.2 Å². The van der Waals surface area contributed by atoms with Gasteiger partial charge in [-0.2, -0.15) is 0 Å². The second kappa shape index (κ2) is 3.49. The molecule has 0 atom stereocenters. The molecule has 70 valence electrons. The zero-order valence-corrected chi connectivity index (χ0v) is 9.00. The minimum atomic E-state index is 0.786. The average Bonchev–Trinajstić information content (AvgIpc) is 2.17. The van der Waals surface area contributed by atoms with Crippen LogP contribution < -0.4 is 10.2 Å². The van der Waals surface area contributed by atoms with Gasteiger partial charge in [0.25, 0.3) is 0 Å². The van der Waals surface area contributed by atoms with E-state index in [1.54, 1.807) is 6.20 Å². The molecule has 1 aliphatic heterocycles. The number of fused-ring (bicyclic) bond motifs is 1. The molecule has 13 heavy (non-hydrogen) atoms. The van der Waals surface area contributed by atoms with E-state index < -0.39 is 0 Å². The van der Waals surface area contributed by atoms with Crippen molar-refractivity contribution >= 4 is 27.6 Å². The van der Waals surface area contributed by atoms with Crippen molar-refractivity contribution < 1.29 is 0 Å². The number of nitrogens with zero attached hydrogens (tertiary/aromatic N) is 3. The summed E-state index contributed by atoms with van der Waals surface area (Å²) in [7, 11) is 0. The standard InChI is InChI=1S/C8H11BrN4/c1-2-13-4-3-10-7-8(13)12-6(9)5-11-7/h5H,2-4H2,1H3,(H,10,11). The van der Waals surface area contributed by atoms with Crippen LogP contribution in [0.4, 0.5) is 11.6 Å². The maximum atomic E-state index is 4.38. The Kier molecular flexibility index (Phi) is 2.35. The van der Waals surface area contributed by atoms with E-state index >= 15 is 0 Å². The molecule has 1 aliphatic rings. The van der Waals surface area contributed by atoms with Crippen LogP contribution in [0.3, 0.4) is 0 Å². The van der Waals surface area contributed by atoms with Crippen LogP contribution in [0.5, 0.6) is 0 Å². The second-order valence-corrected chi connectivity index (χ2v) is 3.68. The number of likely N-dealkylation sites (N-methyl/N-ethyl adjacent to an activating group) is 1. The molecular formula is C8H11BrN4. The molecule has 0 aliphatic carbocycles. The first-order chi connectivity index (χ1) is 6.31. The zero-order valence-electron chi connectivity index (χ0n) is 7.42. The van der Waals surface area contributed by atoms with E-state index in [9.17, 15) is 0 Å². The third kappa shape index (κ3) is 1.60. The lowest BCUT2D eigenvalue weighted by Gasteiger charge is -2.28. The molecule has 0 saturated carbocycles. The van der Waals surface area contributed by atoms with Crippen LogP contribution in [-0.4, -0.2) is 29.6 Å². The first-order valence-electron chi connectivity index (χ1n) is 4.32. The Labute approximate surface area is 85.5 Å². The SMILES string of the molecule is CCN1CCNc2ncc(Br)nc21. The van der Waals surface area contributed by atoms with Crippen molar-refractivity contribution in [1.82, 2.24) is 9.97 Å². The van der Waals surface area contributed by atoms with Crippen LogP contribution in [0, 0.1) is 0 Å². The highest BCUT2D eigenvalue weighted by atomic mass is 79.9. The van der Waals surface area contributed by atoms with E-state index in [1.165, 1.54) is 0 Å². The average molecular weight is 243 g/mol. The molecule has 0 amide bonds. The van der Waals surface area contributed by atoms with Crippen LogP contribution >= 0.6 is 15.9 Å². The van der Waals surface area contributed by atoms with Crippen molar-refractivity contribution in [3.8, 4) is 0 Å². The number of halogens is 1. The van der Waals surface area contributed by atoms with E-state index in [0.29, 0.717) is 0 Å². The fourth-order valence-corrected chi connectivity index (χ4v) is 1.70. The van der Waals surface area contributed by atoms with Gasteiger partial charge in [-0.05, 0) is 22.9 Å². The molecule has 2 heterocycles. The molecule has 2 rings (SSSR count). The predicted octanol–water partition coefficient (Wildman–Crippen LogP) is 1.49. The minimum Gasteiger partial charge on any atom is -0.365 e. The Morgan fingerprint density at radius 3 is 3.31 bits per heavy atom. The summed E-state index contributed by atoms with van der Waals surface area (Å²) >= 11 is 3.32. The van der Waals surface area contributed by atoms with E-state index in [1.807, 2.05) is 0 Å². The normalized spacial score (nSPS) is 15.1. The first kappa shape index (κ1) is 8.74. The van der Waals surface area contributed by atoms with Gasteiger partial charge >= 0.3 is 0 Å². The monoisotopic (exact) mass is 242 g/mol. The van der Waals surface area contributed by atoms with Gasteiger partial charge in [-0.3, -0.25) is 0 Å². The molecule has 0 aromatic carbocycles. The number of hydrogen-bond donors (Lipinski definition) is 1. The van der Waals surface area contributed by atoms with Crippen LogP contribution in [-0.2, 0) is 0 Å². The fraction of sp³-hybridized carbons (Fsp3) is 0.500. The molecule has 0 unspecified atom stereocenters. The van der Waals surface area contributed by atoms with Gasteiger partial charge in [0, 0.05) is 19.6 Å². The van der Waals surface area contributed by atoms with Gasteiger partial charge in [0.15, 0.2) is 11.6 Å². The Morgan fingerprint density at radius 1 is 1.69 bits per heavy atom. The van der Waals surface area contributed by atoms with Crippen molar-refractivity contribution in [2.24, 2.45) is 0 Å². The summed E-state index contributed by atoms with van der Waals surface area (Å²) < 4.78 is 0.786. The maximum Gasteiger partial charge on any atom is 0.172 e. The highest BCUT2D eigenvalue weighted by Crippen LogP contribution is 2.25. The lowest BCUT2D eigenvalue weighted by atomic mass is 10.3. The van der Waals surface area contributed by atoms with Crippen LogP contribution in [0.1, 0.15) is 6.92 Å². The van der Waals surface area contributed by atoms with E-state index in [4.69, 9.17) is 0 Å². The number of anilines is 2. The van der Waals surface area contributed by atoms with Crippen LogP contribution in [0.2, 0.25) is 0 Å². The Morgan fingerprint density at radius 2 is 2.54 bits per heavy atom. The van der Waals surface area contributed by atoms with Gasteiger partial charge in [-0.25, -0.2) is 9.97 Å². The van der Waals surface area contributed by atoms with Crippen molar-refractivity contribution in [1.29, 1.82) is 0 Å². The zero-order chi connectivity index (χ0) is 9.26. The Bertz CT molecular complexity index is 315. The Balaban J connectivity index is 2.41. The molecular weight excluding hydrogens is 232 g/mol. The van der Waals surface area contributed by atoms with Crippen LogP contribution in [0.25, 0.3) is 0 Å². The summed E-state index contributed by atoms with van der Waals surface area (Å²) in [5, 5.41) is 3.22. The summed E-state index contributed by atoms with van der Waals surface area (Å²) in [6, 6.07) is 0. The third-order valence-corrected chi connectivity index (χ3v) is 2.46. The largest absolute Gasteiger partial charge is 0.365 e. The molecule has 1 N–H and O–H groups in total. The highest BCUT2D eigenvalue weighted by molar-refractivity contribution is 9.10. The summed E-state index contributed by atoms with van der Waals surface area (Å²) in [6.45, 7) is 5.03. The van der Waals surface area contributed by atoms with E-state index in [-0.39, 0.29) is 0 Å². The lowest BCUT2D eigenvalue weighted by Crippen LogP contribution is -2.35.